The summed E-state index contributed by atoms with van der Waals surface area (Å²) in [5.74, 6) is -0.414. The molecule has 0 N–H and O–H groups in total. The summed E-state index contributed by atoms with van der Waals surface area (Å²) in [7, 11) is 0. The first-order valence-electron chi connectivity index (χ1n) is 5.84. The van der Waals surface area contributed by atoms with Crippen LogP contribution in [0.3, 0.4) is 0 Å². The van der Waals surface area contributed by atoms with Crippen molar-refractivity contribution in [3.63, 3.8) is 0 Å². The van der Waals surface area contributed by atoms with Gasteiger partial charge in [-0.2, -0.15) is 0 Å². The van der Waals surface area contributed by atoms with Crippen molar-refractivity contribution in [2.75, 3.05) is 0 Å². The standard InChI is InChI=1S/C15H10FIO2/c16-12-3-4-13(14(17)6-12)15(18)9-1-2-10-7-19-8-11(10)5-9/h1-6H,7-8H2. The van der Waals surface area contributed by atoms with Crippen LogP contribution in [-0.4, -0.2) is 5.78 Å². The van der Waals surface area contributed by atoms with Crippen LogP contribution in [-0.2, 0) is 18.0 Å². The highest BCUT2D eigenvalue weighted by Gasteiger charge is 2.17. The third-order valence-electron chi connectivity index (χ3n) is 3.16. The van der Waals surface area contributed by atoms with Crippen LogP contribution in [0.4, 0.5) is 4.39 Å². The first kappa shape index (κ1) is 12.7. The number of rotatable bonds is 2. The second-order valence-corrected chi connectivity index (χ2v) is 5.59. The lowest BCUT2D eigenvalue weighted by Crippen LogP contribution is -2.05. The molecule has 0 saturated carbocycles. The lowest BCUT2D eigenvalue weighted by molar-refractivity contribution is 0.103. The molecule has 0 atom stereocenters. The molecule has 2 aromatic rings. The van der Waals surface area contributed by atoms with Gasteiger partial charge in [0.25, 0.3) is 0 Å². The predicted octanol–water partition coefficient (Wildman–Crippen LogP) is 3.69. The van der Waals surface area contributed by atoms with E-state index in [9.17, 15) is 9.18 Å². The van der Waals surface area contributed by atoms with Gasteiger partial charge < -0.3 is 4.74 Å². The van der Waals surface area contributed by atoms with E-state index in [0.717, 1.165) is 11.1 Å². The van der Waals surface area contributed by atoms with Gasteiger partial charge in [0.15, 0.2) is 5.78 Å². The van der Waals surface area contributed by atoms with Gasteiger partial charge in [0.1, 0.15) is 5.82 Å². The summed E-state index contributed by atoms with van der Waals surface area (Å²) in [5.41, 5.74) is 3.34. The van der Waals surface area contributed by atoms with Gasteiger partial charge in [-0.05, 0) is 58.0 Å². The Kier molecular flexibility index (Phi) is 3.36. The molecule has 0 unspecified atom stereocenters. The SMILES string of the molecule is O=C(c1ccc2c(c1)COC2)c1ccc(F)cc1I. The van der Waals surface area contributed by atoms with Crippen molar-refractivity contribution in [1.82, 2.24) is 0 Å². The molecule has 1 aliphatic rings. The first-order chi connectivity index (χ1) is 9.15. The molecule has 0 aliphatic carbocycles. The molecule has 2 aromatic carbocycles. The highest BCUT2D eigenvalue weighted by Crippen LogP contribution is 2.24. The maximum absolute atomic E-state index is 13.1. The summed E-state index contributed by atoms with van der Waals surface area (Å²) >= 11 is 1.98. The third-order valence-corrected chi connectivity index (χ3v) is 4.05. The molecule has 0 fully saturated rings. The van der Waals surface area contributed by atoms with E-state index in [4.69, 9.17) is 4.74 Å². The lowest BCUT2D eigenvalue weighted by atomic mass is 9.99. The summed E-state index contributed by atoms with van der Waals surface area (Å²) in [4.78, 5) is 12.4. The highest BCUT2D eigenvalue weighted by molar-refractivity contribution is 14.1. The summed E-state index contributed by atoms with van der Waals surface area (Å²) in [6.07, 6.45) is 0. The molecule has 0 saturated heterocycles. The predicted molar refractivity (Wildman–Crippen MR) is 77.5 cm³/mol. The number of benzene rings is 2. The van der Waals surface area contributed by atoms with Crippen LogP contribution in [0.25, 0.3) is 0 Å². The molecule has 3 rings (SSSR count). The van der Waals surface area contributed by atoms with Crippen molar-refractivity contribution in [3.8, 4) is 0 Å². The number of ether oxygens (including phenoxy) is 1. The molecule has 19 heavy (non-hydrogen) atoms. The zero-order valence-corrected chi connectivity index (χ0v) is 12.1. The van der Waals surface area contributed by atoms with Crippen LogP contribution in [0.5, 0.6) is 0 Å². The average molecular weight is 368 g/mol. The van der Waals surface area contributed by atoms with E-state index in [-0.39, 0.29) is 11.6 Å². The zero-order chi connectivity index (χ0) is 13.4. The van der Waals surface area contributed by atoms with Crippen LogP contribution in [0.2, 0.25) is 0 Å². The fourth-order valence-corrected chi connectivity index (χ4v) is 2.86. The van der Waals surface area contributed by atoms with E-state index >= 15 is 0 Å². The van der Waals surface area contributed by atoms with E-state index in [1.807, 2.05) is 34.7 Å². The molecule has 1 heterocycles. The number of hydrogen-bond donors (Lipinski definition) is 0. The van der Waals surface area contributed by atoms with Crippen LogP contribution in [0, 0.1) is 9.39 Å². The summed E-state index contributed by atoms with van der Waals surface area (Å²) < 4.78 is 19.0. The largest absolute Gasteiger partial charge is 0.372 e. The van der Waals surface area contributed by atoms with Crippen molar-refractivity contribution in [3.05, 3.63) is 68.0 Å². The minimum atomic E-state index is -0.330. The van der Waals surface area contributed by atoms with Crippen molar-refractivity contribution in [2.45, 2.75) is 13.2 Å². The quantitative estimate of drug-likeness (QED) is 0.597. The monoisotopic (exact) mass is 368 g/mol. The molecule has 0 bridgehead atoms. The van der Waals surface area contributed by atoms with E-state index in [1.54, 1.807) is 6.07 Å². The van der Waals surface area contributed by atoms with E-state index in [0.29, 0.717) is 27.9 Å². The topological polar surface area (TPSA) is 26.3 Å². The molecule has 0 aromatic heterocycles. The molecular weight excluding hydrogens is 358 g/mol. The van der Waals surface area contributed by atoms with Gasteiger partial charge in [-0.3, -0.25) is 4.79 Å². The second-order valence-electron chi connectivity index (χ2n) is 4.43. The fraction of sp³-hybridized carbons (Fsp3) is 0.133. The van der Waals surface area contributed by atoms with Crippen molar-refractivity contribution < 1.29 is 13.9 Å². The van der Waals surface area contributed by atoms with Gasteiger partial charge in [0, 0.05) is 14.7 Å². The van der Waals surface area contributed by atoms with Crippen LogP contribution in [0.1, 0.15) is 27.0 Å². The van der Waals surface area contributed by atoms with Gasteiger partial charge in [-0.25, -0.2) is 4.39 Å². The van der Waals surface area contributed by atoms with Gasteiger partial charge in [-0.1, -0.05) is 12.1 Å². The molecule has 0 radical (unpaired) electrons. The Bertz CT molecular complexity index is 667. The molecule has 0 spiro atoms. The Hall–Kier alpha value is -1.27. The Morgan fingerprint density at radius 1 is 1.11 bits per heavy atom. The Balaban J connectivity index is 2.00. The van der Waals surface area contributed by atoms with Crippen molar-refractivity contribution >= 4 is 28.4 Å². The summed E-state index contributed by atoms with van der Waals surface area (Å²) in [6, 6.07) is 9.80. The number of halogens is 2. The number of hydrogen-bond acceptors (Lipinski definition) is 2. The van der Waals surface area contributed by atoms with Gasteiger partial charge in [0.05, 0.1) is 13.2 Å². The Morgan fingerprint density at radius 3 is 2.68 bits per heavy atom. The minimum absolute atomic E-state index is 0.0842. The average Bonchev–Trinajstić information content (AvgIpc) is 2.85. The van der Waals surface area contributed by atoms with Crippen molar-refractivity contribution in [1.29, 1.82) is 0 Å². The number of carbonyl (C=O) groups is 1. The molecule has 96 valence electrons. The summed E-state index contributed by atoms with van der Waals surface area (Å²) in [5, 5.41) is 0. The van der Waals surface area contributed by atoms with Gasteiger partial charge >= 0.3 is 0 Å². The molecule has 4 heteroatoms. The van der Waals surface area contributed by atoms with Crippen LogP contribution < -0.4 is 0 Å². The normalized spacial score (nSPS) is 13.4. The van der Waals surface area contributed by atoms with Crippen molar-refractivity contribution in [2.24, 2.45) is 0 Å². The van der Waals surface area contributed by atoms with E-state index < -0.39 is 0 Å². The Morgan fingerprint density at radius 2 is 1.89 bits per heavy atom. The minimum Gasteiger partial charge on any atom is -0.372 e. The summed E-state index contributed by atoms with van der Waals surface area (Å²) in [6.45, 7) is 1.16. The second kappa shape index (κ2) is 5.02. The number of carbonyl (C=O) groups excluding carboxylic acids is 1. The molecule has 1 aliphatic heterocycles. The fourth-order valence-electron chi connectivity index (χ4n) is 2.14. The maximum Gasteiger partial charge on any atom is 0.194 e. The smallest absolute Gasteiger partial charge is 0.194 e. The number of fused-ring (bicyclic) bond motifs is 1. The van der Waals surface area contributed by atoms with Crippen LogP contribution in [0.15, 0.2) is 36.4 Å². The van der Waals surface area contributed by atoms with E-state index in [2.05, 4.69) is 0 Å². The van der Waals surface area contributed by atoms with Gasteiger partial charge in [0.2, 0.25) is 0 Å². The third kappa shape index (κ3) is 2.42. The zero-order valence-electron chi connectivity index (χ0n) is 9.95. The molecule has 0 amide bonds. The lowest BCUT2D eigenvalue weighted by Gasteiger charge is -2.06. The molecule has 2 nitrogen and oxygen atoms in total. The maximum atomic E-state index is 13.1. The Labute approximate surface area is 123 Å². The van der Waals surface area contributed by atoms with Gasteiger partial charge in [-0.15, -0.1) is 0 Å². The van der Waals surface area contributed by atoms with E-state index in [1.165, 1.54) is 18.2 Å². The highest BCUT2D eigenvalue weighted by atomic mass is 127. The van der Waals surface area contributed by atoms with Crippen LogP contribution >= 0.6 is 22.6 Å². The first-order valence-corrected chi connectivity index (χ1v) is 6.92. The molecular formula is C15H10FIO2. The number of ketones is 1.